The average molecular weight is 428 g/mol. The van der Waals surface area contributed by atoms with Gasteiger partial charge in [-0.25, -0.2) is 9.69 Å². The van der Waals surface area contributed by atoms with E-state index in [1.165, 1.54) is 49.6 Å². The largest absolute Gasteiger partial charge is 0.497 e. The van der Waals surface area contributed by atoms with Crippen LogP contribution in [0, 0.1) is 0 Å². The fraction of sp³-hybridized carbons (Fsp3) is 0.167. The zero-order valence-electron chi connectivity index (χ0n) is 14.7. The molecule has 0 spiro atoms. The van der Waals surface area contributed by atoms with E-state index in [4.69, 9.17) is 16.3 Å². The maximum Gasteiger partial charge on any atom is 0.440 e. The molecule has 0 radical (unpaired) electrons. The normalized spacial score (nSPS) is 19.1. The monoisotopic (exact) mass is 427 g/mol. The van der Waals surface area contributed by atoms with Crippen molar-refractivity contribution in [1.29, 1.82) is 0 Å². The highest BCUT2D eigenvalue weighted by Crippen LogP contribution is 2.36. The fourth-order valence-corrected chi connectivity index (χ4v) is 2.92. The quantitative estimate of drug-likeness (QED) is 0.734. The van der Waals surface area contributed by atoms with Gasteiger partial charge in [-0.15, -0.1) is 0 Å². The summed E-state index contributed by atoms with van der Waals surface area (Å²) in [6.45, 7) is 0. The summed E-state index contributed by atoms with van der Waals surface area (Å²) in [7, 11) is 1.32. The van der Waals surface area contributed by atoms with Gasteiger partial charge in [-0.05, 0) is 30.3 Å². The number of hydrogen-bond acceptors (Lipinski definition) is 4. The molecule has 0 saturated carbocycles. The molecule has 1 unspecified atom stereocenters. The number of benzene rings is 2. The molecule has 1 atom stereocenters. The van der Waals surface area contributed by atoms with Gasteiger partial charge in [0.1, 0.15) is 5.75 Å². The van der Waals surface area contributed by atoms with Crippen molar-refractivity contribution in [2.24, 2.45) is 0 Å². The van der Waals surface area contributed by atoms with E-state index in [1.807, 2.05) is 0 Å². The standard InChI is InChI=1S/C18H13ClF3N3O4/c1-29-13-7-3-6-12(9-13)25-15(27)17(18(20,21)22,24-16(25)28)23-14(26)10-4-2-5-11(19)8-10/h2-9H,1H3,(H,23,26)(H,24,28). The van der Waals surface area contributed by atoms with Gasteiger partial charge >= 0.3 is 12.2 Å². The van der Waals surface area contributed by atoms with Crippen molar-refractivity contribution in [3.63, 3.8) is 0 Å². The lowest BCUT2D eigenvalue weighted by atomic mass is 10.1. The van der Waals surface area contributed by atoms with Crippen molar-refractivity contribution in [3.05, 3.63) is 59.1 Å². The molecule has 11 heteroatoms. The molecule has 152 valence electrons. The van der Waals surface area contributed by atoms with Crippen molar-refractivity contribution >= 4 is 35.1 Å². The second-order valence-electron chi connectivity index (χ2n) is 5.98. The molecule has 0 aliphatic carbocycles. The Balaban J connectivity index is 2.01. The number of imide groups is 1. The zero-order chi connectivity index (χ0) is 21.4. The minimum absolute atomic E-state index is 0.110. The van der Waals surface area contributed by atoms with Crippen LogP contribution >= 0.6 is 11.6 Å². The molecular weight excluding hydrogens is 415 g/mol. The number of rotatable bonds is 4. The van der Waals surface area contributed by atoms with Gasteiger partial charge in [0.25, 0.3) is 17.5 Å². The Hall–Kier alpha value is -3.27. The number of carbonyl (C=O) groups excluding carboxylic acids is 3. The van der Waals surface area contributed by atoms with E-state index in [0.717, 1.165) is 6.07 Å². The number of urea groups is 1. The van der Waals surface area contributed by atoms with Crippen LogP contribution in [0.25, 0.3) is 0 Å². The number of nitrogens with one attached hydrogen (secondary N) is 2. The SMILES string of the molecule is COc1cccc(N2C(=O)NC(NC(=O)c3cccc(Cl)c3)(C(F)(F)F)C2=O)c1. The van der Waals surface area contributed by atoms with E-state index in [9.17, 15) is 27.6 Å². The molecule has 7 nitrogen and oxygen atoms in total. The van der Waals surface area contributed by atoms with E-state index >= 15 is 0 Å². The first-order chi connectivity index (χ1) is 13.6. The van der Waals surface area contributed by atoms with E-state index in [1.54, 1.807) is 10.6 Å². The smallest absolute Gasteiger partial charge is 0.440 e. The molecule has 1 aliphatic heterocycles. The number of nitrogens with zero attached hydrogens (tertiary/aromatic N) is 1. The topological polar surface area (TPSA) is 87.7 Å². The number of amides is 4. The number of methoxy groups -OCH3 is 1. The van der Waals surface area contributed by atoms with Gasteiger partial charge in [0.05, 0.1) is 12.8 Å². The summed E-state index contributed by atoms with van der Waals surface area (Å²) >= 11 is 5.75. The highest BCUT2D eigenvalue weighted by atomic mass is 35.5. The van der Waals surface area contributed by atoms with Gasteiger partial charge in [-0.2, -0.15) is 13.2 Å². The lowest BCUT2D eigenvalue weighted by molar-refractivity contribution is -0.197. The van der Waals surface area contributed by atoms with Crippen LogP contribution in [0.5, 0.6) is 5.75 Å². The average Bonchev–Trinajstić information content (AvgIpc) is 2.92. The maximum absolute atomic E-state index is 13.9. The van der Waals surface area contributed by atoms with Crippen LogP contribution in [-0.2, 0) is 4.79 Å². The van der Waals surface area contributed by atoms with Crippen LogP contribution in [0.2, 0.25) is 5.02 Å². The minimum Gasteiger partial charge on any atom is -0.497 e. The third kappa shape index (κ3) is 3.58. The number of carbonyl (C=O) groups is 3. The second-order valence-corrected chi connectivity index (χ2v) is 6.42. The first kappa shape index (κ1) is 20.5. The lowest BCUT2D eigenvalue weighted by Gasteiger charge is -2.29. The number of hydrogen-bond donors (Lipinski definition) is 2. The van der Waals surface area contributed by atoms with Crippen LogP contribution in [0.1, 0.15) is 10.4 Å². The molecular formula is C18H13ClF3N3O4. The highest BCUT2D eigenvalue weighted by molar-refractivity contribution is 6.31. The Bertz CT molecular complexity index is 998. The van der Waals surface area contributed by atoms with Crippen molar-refractivity contribution in [2.75, 3.05) is 12.0 Å². The zero-order valence-corrected chi connectivity index (χ0v) is 15.5. The third-order valence-electron chi connectivity index (χ3n) is 4.15. The van der Waals surface area contributed by atoms with Crippen molar-refractivity contribution < 1.29 is 32.3 Å². The van der Waals surface area contributed by atoms with Crippen LogP contribution < -0.4 is 20.3 Å². The number of anilines is 1. The lowest BCUT2D eigenvalue weighted by Crippen LogP contribution is -2.69. The first-order valence-corrected chi connectivity index (χ1v) is 8.42. The minimum atomic E-state index is -5.33. The fourth-order valence-electron chi connectivity index (χ4n) is 2.73. The second kappa shape index (κ2) is 7.28. The van der Waals surface area contributed by atoms with E-state index in [2.05, 4.69) is 0 Å². The van der Waals surface area contributed by atoms with Gasteiger partial charge in [0, 0.05) is 16.7 Å². The number of halogens is 4. The predicted octanol–water partition coefficient (Wildman–Crippen LogP) is 3.09. The van der Waals surface area contributed by atoms with Crippen LogP contribution in [0.15, 0.2) is 48.5 Å². The Morgan fingerprint density at radius 3 is 2.48 bits per heavy atom. The third-order valence-corrected chi connectivity index (χ3v) is 4.38. The summed E-state index contributed by atoms with van der Waals surface area (Å²) < 4.78 is 46.7. The van der Waals surface area contributed by atoms with Gasteiger partial charge in [0.2, 0.25) is 0 Å². The van der Waals surface area contributed by atoms with Crippen LogP contribution in [0.3, 0.4) is 0 Å². The molecule has 3 rings (SSSR count). The Kier molecular flexibility index (Phi) is 5.14. The van der Waals surface area contributed by atoms with E-state index < -0.39 is 29.7 Å². The van der Waals surface area contributed by atoms with Gasteiger partial charge < -0.3 is 10.1 Å². The predicted molar refractivity (Wildman–Crippen MR) is 96.7 cm³/mol. The maximum atomic E-state index is 13.9. The summed E-state index contributed by atoms with van der Waals surface area (Å²) in [5.41, 5.74) is -4.02. The molecule has 2 N–H and O–H groups in total. The molecule has 0 aromatic heterocycles. The molecule has 1 fully saturated rings. The molecule has 1 aliphatic rings. The molecule has 1 saturated heterocycles. The highest BCUT2D eigenvalue weighted by Gasteiger charge is 2.69. The van der Waals surface area contributed by atoms with Gasteiger partial charge in [0.15, 0.2) is 0 Å². The molecule has 2 aromatic rings. The first-order valence-electron chi connectivity index (χ1n) is 8.04. The Morgan fingerprint density at radius 1 is 1.17 bits per heavy atom. The Labute approximate surface area is 167 Å². The molecule has 2 aromatic carbocycles. The summed E-state index contributed by atoms with van der Waals surface area (Å²) in [4.78, 5) is 37.7. The Morgan fingerprint density at radius 2 is 1.86 bits per heavy atom. The van der Waals surface area contributed by atoms with Crippen molar-refractivity contribution in [3.8, 4) is 5.75 Å². The molecule has 0 bridgehead atoms. The summed E-state index contributed by atoms with van der Waals surface area (Å²) in [5, 5.41) is 3.28. The summed E-state index contributed by atoms with van der Waals surface area (Å²) in [6.07, 6.45) is -5.33. The van der Waals surface area contributed by atoms with Gasteiger partial charge in [-0.1, -0.05) is 23.7 Å². The number of alkyl halides is 3. The summed E-state index contributed by atoms with van der Waals surface area (Å²) in [5.74, 6) is -2.74. The molecule has 29 heavy (non-hydrogen) atoms. The summed E-state index contributed by atoms with van der Waals surface area (Å²) in [6, 6.07) is 9.11. The molecule has 1 heterocycles. The van der Waals surface area contributed by atoms with Gasteiger partial charge in [-0.3, -0.25) is 14.9 Å². The van der Waals surface area contributed by atoms with Crippen LogP contribution in [-0.4, -0.2) is 36.8 Å². The van der Waals surface area contributed by atoms with E-state index in [0.29, 0.717) is 0 Å². The van der Waals surface area contributed by atoms with E-state index in [-0.39, 0.29) is 26.9 Å². The van der Waals surface area contributed by atoms with Crippen molar-refractivity contribution in [2.45, 2.75) is 11.8 Å². The number of ether oxygens (including phenoxy) is 1. The molecule has 4 amide bonds. The van der Waals surface area contributed by atoms with Crippen LogP contribution in [0.4, 0.5) is 23.7 Å². The van der Waals surface area contributed by atoms with Crippen molar-refractivity contribution in [1.82, 2.24) is 10.6 Å².